The Labute approximate surface area is 118 Å². The zero-order valence-corrected chi connectivity index (χ0v) is 11.4. The van der Waals surface area contributed by atoms with E-state index in [4.69, 9.17) is 9.84 Å². The van der Waals surface area contributed by atoms with Crippen LogP contribution in [0.4, 0.5) is 4.39 Å². The van der Waals surface area contributed by atoms with E-state index in [1.807, 2.05) is 0 Å². The third kappa shape index (κ3) is 3.77. The molecule has 1 fully saturated rings. The number of rotatable bonds is 5. The van der Waals surface area contributed by atoms with Crippen LogP contribution >= 0.6 is 0 Å². The molecule has 0 aliphatic carbocycles. The molecule has 1 aromatic rings. The average molecular weight is 281 g/mol. The van der Waals surface area contributed by atoms with Crippen molar-refractivity contribution in [1.29, 1.82) is 0 Å². The van der Waals surface area contributed by atoms with Crippen LogP contribution in [-0.4, -0.2) is 48.3 Å². The van der Waals surface area contributed by atoms with Gasteiger partial charge < -0.3 is 14.7 Å². The molecule has 1 heterocycles. The molecule has 1 N–H and O–H groups in total. The minimum Gasteiger partial charge on any atom is -0.396 e. The van der Waals surface area contributed by atoms with Gasteiger partial charge in [0.05, 0.1) is 11.7 Å². The predicted molar refractivity (Wildman–Crippen MR) is 73.0 cm³/mol. The fourth-order valence-corrected chi connectivity index (χ4v) is 2.35. The van der Waals surface area contributed by atoms with Gasteiger partial charge in [-0.3, -0.25) is 4.79 Å². The second kappa shape index (κ2) is 7.36. The molecule has 1 saturated heterocycles. The van der Waals surface area contributed by atoms with E-state index in [1.54, 1.807) is 17.0 Å². The van der Waals surface area contributed by atoms with E-state index in [0.717, 1.165) is 12.8 Å². The van der Waals surface area contributed by atoms with Crippen LogP contribution in [0.3, 0.4) is 0 Å². The Hall–Kier alpha value is -1.46. The summed E-state index contributed by atoms with van der Waals surface area (Å²) in [4.78, 5) is 13.9. The molecular formula is C15H20FNO3. The van der Waals surface area contributed by atoms with Crippen molar-refractivity contribution >= 4 is 5.91 Å². The second-order valence-electron chi connectivity index (χ2n) is 4.92. The molecular weight excluding hydrogens is 261 g/mol. The minimum absolute atomic E-state index is 0.130. The van der Waals surface area contributed by atoms with Gasteiger partial charge in [0.15, 0.2) is 0 Å². The van der Waals surface area contributed by atoms with Crippen LogP contribution in [0.15, 0.2) is 24.3 Å². The number of carbonyl (C=O) groups is 1. The molecule has 2 rings (SSSR count). The highest BCUT2D eigenvalue weighted by Crippen LogP contribution is 2.17. The second-order valence-corrected chi connectivity index (χ2v) is 4.92. The summed E-state index contributed by atoms with van der Waals surface area (Å²) in [5.74, 6) is -0.726. The molecule has 20 heavy (non-hydrogen) atoms. The summed E-state index contributed by atoms with van der Waals surface area (Å²) in [6.07, 6.45) is 2.28. The van der Waals surface area contributed by atoms with Gasteiger partial charge in [-0.2, -0.15) is 0 Å². The van der Waals surface area contributed by atoms with Crippen molar-refractivity contribution in [1.82, 2.24) is 4.90 Å². The van der Waals surface area contributed by atoms with Crippen molar-refractivity contribution in [2.75, 3.05) is 26.3 Å². The molecule has 0 bridgehead atoms. The lowest BCUT2D eigenvalue weighted by atomic mass is 10.1. The lowest BCUT2D eigenvalue weighted by Gasteiger charge is -2.32. The van der Waals surface area contributed by atoms with Crippen molar-refractivity contribution in [3.8, 4) is 0 Å². The van der Waals surface area contributed by atoms with Crippen LogP contribution < -0.4 is 0 Å². The first-order valence-electron chi connectivity index (χ1n) is 6.98. The molecule has 4 nitrogen and oxygen atoms in total. The number of likely N-dealkylation sites (tertiary alicyclic amines) is 1. The fourth-order valence-electron chi connectivity index (χ4n) is 2.35. The number of aliphatic hydroxyl groups excluding tert-OH is 1. The van der Waals surface area contributed by atoms with Gasteiger partial charge in [0.2, 0.25) is 0 Å². The third-order valence-corrected chi connectivity index (χ3v) is 3.49. The van der Waals surface area contributed by atoms with Crippen LogP contribution in [0.1, 0.15) is 29.6 Å². The van der Waals surface area contributed by atoms with Crippen molar-refractivity contribution < 1.29 is 19.0 Å². The average Bonchev–Trinajstić information content (AvgIpc) is 2.48. The van der Waals surface area contributed by atoms with Gasteiger partial charge in [0, 0.05) is 26.3 Å². The Kier molecular flexibility index (Phi) is 5.49. The van der Waals surface area contributed by atoms with Gasteiger partial charge in [-0.15, -0.1) is 0 Å². The van der Waals surface area contributed by atoms with Crippen LogP contribution in [0, 0.1) is 5.82 Å². The largest absolute Gasteiger partial charge is 0.396 e. The number of piperidine rings is 1. The van der Waals surface area contributed by atoms with E-state index in [2.05, 4.69) is 0 Å². The minimum atomic E-state index is -0.473. The first-order chi connectivity index (χ1) is 9.72. The third-order valence-electron chi connectivity index (χ3n) is 3.49. The fraction of sp³-hybridized carbons (Fsp3) is 0.533. The number of nitrogens with zero attached hydrogens (tertiary/aromatic N) is 1. The van der Waals surface area contributed by atoms with Crippen molar-refractivity contribution in [3.05, 3.63) is 35.6 Å². The molecule has 110 valence electrons. The Bertz CT molecular complexity index is 444. The normalized spacial score (nSPS) is 16.4. The Morgan fingerprint density at radius 2 is 2.05 bits per heavy atom. The zero-order chi connectivity index (χ0) is 14.4. The van der Waals surface area contributed by atoms with E-state index in [0.29, 0.717) is 26.1 Å². The molecule has 0 radical (unpaired) electrons. The van der Waals surface area contributed by atoms with Crippen LogP contribution in [-0.2, 0) is 4.74 Å². The summed E-state index contributed by atoms with van der Waals surface area (Å²) in [5, 5.41) is 8.69. The van der Waals surface area contributed by atoms with E-state index in [9.17, 15) is 9.18 Å². The first-order valence-corrected chi connectivity index (χ1v) is 6.98. The lowest BCUT2D eigenvalue weighted by molar-refractivity contribution is 0.00388. The Morgan fingerprint density at radius 1 is 1.35 bits per heavy atom. The standard InChI is InChI=1S/C15H20FNO3/c16-14-5-2-1-4-13(14)15(19)17-8-6-12(7-9-17)20-11-3-10-18/h1-2,4-5,12,18H,3,6-11H2. The molecule has 0 atom stereocenters. The Morgan fingerprint density at radius 3 is 2.70 bits per heavy atom. The number of aliphatic hydroxyl groups is 1. The maximum absolute atomic E-state index is 13.6. The lowest BCUT2D eigenvalue weighted by Crippen LogP contribution is -2.41. The van der Waals surface area contributed by atoms with Crippen molar-refractivity contribution in [3.63, 3.8) is 0 Å². The molecule has 1 amide bonds. The number of ether oxygens (including phenoxy) is 1. The molecule has 0 saturated carbocycles. The molecule has 1 aliphatic heterocycles. The molecule has 1 aliphatic rings. The maximum Gasteiger partial charge on any atom is 0.256 e. The van der Waals surface area contributed by atoms with Gasteiger partial charge in [-0.1, -0.05) is 12.1 Å². The molecule has 5 heteroatoms. The quantitative estimate of drug-likeness (QED) is 0.838. The maximum atomic E-state index is 13.6. The van der Waals surface area contributed by atoms with E-state index in [-0.39, 0.29) is 24.2 Å². The molecule has 0 aromatic heterocycles. The summed E-state index contributed by atoms with van der Waals surface area (Å²) in [5.41, 5.74) is 0.132. The number of halogens is 1. The number of benzene rings is 1. The van der Waals surface area contributed by atoms with E-state index >= 15 is 0 Å². The van der Waals surface area contributed by atoms with Gasteiger partial charge in [-0.05, 0) is 31.4 Å². The Balaban J connectivity index is 1.85. The smallest absolute Gasteiger partial charge is 0.256 e. The van der Waals surface area contributed by atoms with Gasteiger partial charge in [0.25, 0.3) is 5.91 Å². The van der Waals surface area contributed by atoms with Crippen molar-refractivity contribution in [2.24, 2.45) is 0 Å². The van der Waals surface area contributed by atoms with Crippen LogP contribution in [0.5, 0.6) is 0 Å². The topological polar surface area (TPSA) is 49.8 Å². The molecule has 0 spiro atoms. The van der Waals surface area contributed by atoms with Gasteiger partial charge >= 0.3 is 0 Å². The van der Waals surface area contributed by atoms with E-state index < -0.39 is 5.82 Å². The van der Waals surface area contributed by atoms with Gasteiger partial charge in [-0.25, -0.2) is 4.39 Å². The van der Waals surface area contributed by atoms with E-state index in [1.165, 1.54) is 12.1 Å². The number of hydrogen-bond acceptors (Lipinski definition) is 3. The summed E-state index contributed by atoms with van der Waals surface area (Å²) < 4.78 is 19.2. The monoisotopic (exact) mass is 281 g/mol. The number of amides is 1. The summed E-state index contributed by atoms with van der Waals surface area (Å²) in [6.45, 7) is 1.83. The highest BCUT2D eigenvalue weighted by atomic mass is 19.1. The number of carbonyl (C=O) groups excluding carboxylic acids is 1. The number of hydrogen-bond donors (Lipinski definition) is 1. The van der Waals surface area contributed by atoms with Crippen molar-refractivity contribution in [2.45, 2.75) is 25.4 Å². The molecule has 1 aromatic carbocycles. The van der Waals surface area contributed by atoms with Gasteiger partial charge in [0.1, 0.15) is 5.82 Å². The zero-order valence-electron chi connectivity index (χ0n) is 11.4. The molecule has 0 unspecified atom stereocenters. The predicted octanol–water partition coefficient (Wildman–Crippen LogP) is 1.83. The summed E-state index contributed by atoms with van der Waals surface area (Å²) in [6, 6.07) is 6.06. The van der Waals surface area contributed by atoms with Crippen LogP contribution in [0.25, 0.3) is 0 Å². The first kappa shape index (κ1) is 14.9. The summed E-state index contributed by atoms with van der Waals surface area (Å²) in [7, 11) is 0. The highest BCUT2D eigenvalue weighted by Gasteiger charge is 2.25. The van der Waals surface area contributed by atoms with Crippen LogP contribution in [0.2, 0.25) is 0 Å². The SMILES string of the molecule is O=C(c1ccccc1F)N1CCC(OCCCO)CC1. The summed E-state index contributed by atoms with van der Waals surface area (Å²) >= 11 is 0. The highest BCUT2D eigenvalue weighted by molar-refractivity contribution is 5.94.